The number of rotatable bonds is 4. The number of carboxylic acids is 1. The smallest absolute Gasteiger partial charge is 0.330 e. The first kappa shape index (κ1) is 24.1. The number of carbonyl (C=O) groups is 2. The van der Waals surface area contributed by atoms with Crippen LogP contribution >= 0.6 is 0 Å². The molecule has 5 heteroatoms. The Balaban J connectivity index is 1.59. The van der Waals surface area contributed by atoms with Crippen LogP contribution in [0.4, 0.5) is 0 Å². The van der Waals surface area contributed by atoms with E-state index >= 15 is 0 Å². The molecule has 5 nitrogen and oxygen atoms in total. The van der Waals surface area contributed by atoms with Crippen LogP contribution in [0.25, 0.3) is 0 Å². The summed E-state index contributed by atoms with van der Waals surface area (Å²) in [7, 11) is 1.55. The molecule has 2 N–H and O–H groups in total. The van der Waals surface area contributed by atoms with Gasteiger partial charge in [0.2, 0.25) is 0 Å². The highest BCUT2D eigenvalue weighted by atomic mass is 16.5. The number of nitrogens with one attached hydrogen (secondary N) is 1. The van der Waals surface area contributed by atoms with Crippen molar-refractivity contribution in [3.8, 4) is 17.6 Å². The summed E-state index contributed by atoms with van der Waals surface area (Å²) in [5.74, 6) is 5.28. The normalized spacial score (nSPS) is 13.8. The quantitative estimate of drug-likeness (QED) is 0.544. The van der Waals surface area contributed by atoms with Crippen molar-refractivity contribution in [2.45, 2.75) is 44.6 Å². The molecule has 0 fully saturated rings. The summed E-state index contributed by atoms with van der Waals surface area (Å²) in [6, 6.07) is 20.6. The lowest BCUT2D eigenvalue weighted by atomic mass is 9.87. The van der Waals surface area contributed by atoms with Crippen molar-refractivity contribution in [2.24, 2.45) is 0 Å². The standard InChI is InChI=1S/C30H29NO4/c1-29(2,3)25-14-10-20(11-15-25)9-12-21-17-22(13-16-26(21)35-4)27(32)31-30(28(33)34)18-23-7-5-6-8-24(23)19-30/h5-8,10-11,13-17H,18-19H2,1-4H3,(H,31,32)(H,33,34). The van der Waals surface area contributed by atoms with Crippen LogP contribution in [0, 0.1) is 11.8 Å². The molecule has 0 aliphatic heterocycles. The molecule has 35 heavy (non-hydrogen) atoms. The molecule has 178 valence electrons. The molecule has 1 aliphatic rings. The van der Waals surface area contributed by atoms with Gasteiger partial charge in [-0.25, -0.2) is 4.79 Å². The summed E-state index contributed by atoms with van der Waals surface area (Å²) in [4.78, 5) is 25.4. The highest BCUT2D eigenvalue weighted by Gasteiger charge is 2.45. The molecular formula is C30H29NO4. The maximum Gasteiger partial charge on any atom is 0.330 e. The van der Waals surface area contributed by atoms with Crippen LogP contribution in [-0.2, 0) is 23.1 Å². The number of amides is 1. The Morgan fingerprint density at radius 2 is 1.57 bits per heavy atom. The fourth-order valence-corrected chi connectivity index (χ4v) is 4.34. The monoisotopic (exact) mass is 467 g/mol. The van der Waals surface area contributed by atoms with Gasteiger partial charge in [0.1, 0.15) is 11.3 Å². The Bertz CT molecular complexity index is 1310. The zero-order valence-corrected chi connectivity index (χ0v) is 20.4. The molecule has 0 bridgehead atoms. The van der Waals surface area contributed by atoms with Crippen LogP contribution < -0.4 is 10.1 Å². The second kappa shape index (κ2) is 9.31. The van der Waals surface area contributed by atoms with Gasteiger partial charge in [0, 0.05) is 24.0 Å². The van der Waals surface area contributed by atoms with Crippen LogP contribution in [0.2, 0.25) is 0 Å². The SMILES string of the molecule is COc1ccc(C(=O)NC2(C(=O)O)Cc3ccccc3C2)cc1C#Cc1ccc(C(C)(C)C)cc1. The molecule has 1 aliphatic carbocycles. The van der Waals surface area contributed by atoms with Gasteiger partial charge < -0.3 is 15.2 Å². The number of methoxy groups -OCH3 is 1. The lowest BCUT2D eigenvalue weighted by Gasteiger charge is -2.25. The molecule has 3 aromatic rings. The number of hydrogen-bond acceptors (Lipinski definition) is 3. The number of carbonyl (C=O) groups excluding carboxylic acids is 1. The molecule has 0 radical (unpaired) electrons. The van der Waals surface area contributed by atoms with Crippen molar-refractivity contribution in [3.05, 3.63) is 100 Å². The van der Waals surface area contributed by atoms with Crippen molar-refractivity contribution in [3.63, 3.8) is 0 Å². The summed E-state index contributed by atoms with van der Waals surface area (Å²) < 4.78 is 5.44. The Morgan fingerprint density at radius 3 is 2.11 bits per heavy atom. The molecule has 4 rings (SSSR count). The summed E-state index contributed by atoms with van der Waals surface area (Å²) >= 11 is 0. The number of benzene rings is 3. The van der Waals surface area contributed by atoms with Gasteiger partial charge in [0.05, 0.1) is 12.7 Å². The van der Waals surface area contributed by atoms with Gasteiger partial charge in [-0.05, 0) is 52.4 Å². The van der Waals surface area contributed by atoms with Crippen molar-refractivity contribution in [1.29, 1.82) is 0 Å². The third-order valence-corrected chi connectivity index (χ3v) is 6.42. The Morgan fingerprint density at radius 1 is 0.943 bits per heavy atom. The molecule has 0 saturated heterocycles. The fourth-order valence-electron chi connectivity index (χ4n) is 4.34. The van der Waals surface area contributed by atoms with Crippen LogP contribution in [0.1, 0.15) is 58.9 Å². The first-order valence-electron chi connectivity index (χ1n) is 11.5. The molecule has 0 heterocycles. The molecule has 0 aromatic heterocycles. The minimum Gasteiger partial charge on any atom is -0.495 e. The van der Waals surface area contributed by atoms with Crippen molar-refractivity contribution < 1.29 is 19.4 Å². The Labute approximate surface area is 206 Å². The van der Waals surface area contributed by atoms with Crippen LogP contribution in [-0.4, -0.2) is 29.6 Å². The molecule has 0 unspecified atom stereocenters. The van der Waals surface area contributed by atoms with E-state index in [-0.39, 0.29) is 18.3 Å². The van der Waals surface area contributed by atoms with Crippen molar-refractivity contribution in [1.82, 2.24) is 5.32 Å². The molecule has 0 saturated carbocycles. The fraction of sp³-hybridized carbons (Fsp3) is 0.267. The first-order chi connectivity index (χ1) is 16.6. The van der Waals surface area contributed by atoms with E-state index in [2.05, 4.69) is 50.1 Å². The van der Waals surface area contributed by atoms with Gasteiger partial charge in [-0.2, -0.15) is 0 Å². The van der Waals surface area contributed by atoms with Gasteiger partial charge >= 0.3 is 5.97 Å². The molecular weight excluding hydrogens is 438 g/mol. The van der Waals surface area contributed by atoms with Crippen LogP contribution in [0.15, 0.2) is 66.7 Å². The molecule has 3 aromatic carbocycles. The maximum absolute atomic E-state index is 13.2. The van der Waals surface area contributed by atoms with Crippen LogP contribution in [0.5, 0.6) is 5.75 Å². The number of hydrogen-bond donors (Lipinski definition) is 2. The van der Waals surface area contributed by atoms with Gasteiger partial charge in [0.15, 0.2) is 0 Å². The average Bonchev–Trinajstić information content (AvgIpc) is 3.21. The van der Waals surface area contributed by atoms with E-state index in [1.165, 1.54) is 5.56 Å². The Hall–Kier alpha value is -4.04. The zero-order valence-electron chi connectivity index (χ0n) is 20.4. The van der Waals surface area contributed by atoms with E-state index in [9.17, 15) is 14.7 Å². The van der Waals surface area contributed by atoms with Gasteiger partial charge in [-0.1, -0.05) is 69.0 Å². The summed E-state index contributed by atoms with van der Waals surface area (Å²) in [5, 5.41) is 12.8. The lowest BCUT2D eigenvalue weighted by Crippen LogP contribution is -2.55. The van der Waals surface area contributed by atoms with Crippen molar-refractivity contribution in [2.75, 3.05) is 7.11 Å². The van der Waals surface area contributed by atoms with E-state index in [4.69, 9.17) is 4.74 Å². The minimum absolute atomic E-state index is 0.0604. The summed E-state index contributed by atoms with van der Waals surface area (Å²) in [5.41, 5.74) is 3.52. The number of fused-ring (bicyclic) bond motifs is 1. The first-order valence-corrected chi connectivity index (χ1v) is 11.5. The topological polar surface area (TPSA) is 75.6 Å². The van der Waals surface area contributed by atoms with Gasteiger partial charge in [0.25, 0.3) is 5.91 Å². The third-order valence-electron chi connectivity index (χ3n) is 6.42. The van der Waals surface area contributed by atoms with E-state index in [0.29, 0.717) is 16.9 Å². The second-order valence-corrected chi connectivity index (χ2v) is 9.96. The third kappa shape index (κ3) is 5.07. The summed E-state index contributed by atoms with van der Waals surface area (Å²) in [6.45, 7) is 6.48. The van der Waals surface area contributed by atoms with E-state index in [1.54, 1.807) is 25.3 Å². The average molecular weight is 468 g/mol. The lowest BCUT2D eigenvalue weighted by molar-refractivity contribution is -0.144. The number of aliphatic carboxylic acids is 1. The molecule has 1 amide bonds. The number of ether oxygens (including phenoxy) is 1. The predicted octanol–water partition coefficient (Wildman–Crippen LogP) is 4.74. The van der Waals surface area contributed by atoms with E-state index in [1.807, 2.05) is 36.4 Å². The van der Waals surface area contributed by atoms with Crippen molar-refractivity contribution >= 4 is 11.9 Å². The van der Waals surface area contributed by atoms with Crippen LogP contribution in [0.3, 0.4) is 0 Å². The molecule has 0 spiro atoms. The highest BCUT2D eigenvalue weighted by molar-refractivity contribution is 5.99. The van der Waals surface area contributed by atoms with Gasteiger partial charge in [-0.3, -0.25) is 4.79 Å². The second-order valence-electron chi connectivity index (χ2n) is 9.96. The number of carboxylic acid groups (broad SMARTS) is 1. The van der Waals surface area contributed by atoms with Gasteiger partial charge in [-0.15, -0.1) is 0 Å². The van der Waals surface area contributed by atoms with E-state index < -0.39 is 17.4 Å². The zero-order chi connectivity index (χ0) is 25.2. The maximum atomic E-state index is 13.2. The minimum atomic E-state index is -1.37. The molecule has 0 atom stereocenters. The summed E-state index contributed by atoms with van der Waals surface area (Å²) in [6.07, 6.45) is 0.495. The highest BCUT2D eigenvalue weighted by Crippen LogP contribution is 2.31. The largest absolute Gasteiger partial charge is 0.495 e. The predicted molar refractivity (Wildman–Crippen MR) is 136 cm³/mol. The van der Waals surface area contributed by atoms with E-state index in [0.717, 1.165) is 16.7 Å². The Kier molecular flexibility index (Phi) is 6.41.